The highest BCUT2D eigenvalue weighted by Crippen LogP contribution is 2.30. The zero-order chi connectivity index (χ0) is 16.2. The molecular weight excluding hydrogens is 274 g/mol. The van der Waals surface area contributed by atoms with Crippen LogP contribution in [0.1, 0.15) is 17.3 Å². The normalized spacial score (nSPS) is 11.5. The number of carbonyl (C=O) groups excluding carboxylic acids is 2. The minimum Gasteiger partial charge on any atom is -0.497 e. The van der Waals surface area contributed by atoms with Gasteiger partial charge < -0.3 is 25.4 Å². The van der Waals surface area contributed by atoms with Crippen LogP contribution < -0.4 is 20.5 Å². The molecule has 1 unspecified atom stereocenters. The molecule has 0 saturated carbocycles. The highest BCUT2D eigenvalue weighted by atomic mass is 16.5. The number of nitrogen functional groups attached to an aromatic ring is 1. The van der Waals surface area contributed by atoms with E-state index < -0.39 is 11.9 Å². The molecule has 0 saturated heterocycles. The summed E-state index contributed by atoms with van der Waals surface area (Å²) >= 11 is 0. The van der Waals surface area contributed by atoms with E-state index in [1.165, 1.54) is 25.2 Å². The number of carbonyl (C=O) groups is 2. The standard InChI is InChI=1S/C14H21N3O4/c1-8(14(19)17(2)3)16-13(18)10-6-9(20-4)7-11(21-5)12(10)15/h6-8H,15H2,1-5H3,(H,16,18). The molecule has 0 heterocycles. The van der Waals surface area contributed by atoms with Crippen LogP contribution in [0.2, 0.25) is 0 Å². The molecule has 116 valence electrons. The predicted octanol–water partition coefficient (Wildman–Crippen LogP) is 0.492. The van der Waals surface area contributed by atoms with Crippen LogP contribution in [0.5, 0.6) is 11.5 Å². The van der Waals surface area contributed by atoms with E-state index in [-0.39, 0.29) is 17.2 Å². The van der Waals surface area contributed by atoms with Crippen molar-refractivity contribution in [3.8, 4) is 11.5 Å². The molecule has 0 aliphatic carbocycles. The fraction of sp³-hybridized carbons (Fsp3) is 0.429. The monoisotopic (exact) mass is 295 g/mol. The fourth-order valence-electron chi connectivity index (χ4n) is 1.80. The molecule has 0 aromatic heterocycles. The molecule has 1 aromatic carbocycles. The highest BCUT2D eigenvalue weighted by molar-refractivity contribution is 6.02. The van der Waals surface area contributed by atoms with Gasteiger partial charge in [-0.25, -0.2) is 0 Å². The first-order valence-corrected chi connectivity index (χ1v) is 6.35. The first kappa shape index (κ1) is 16.6. The molecule has 0 fully saturated rings. The third kappa shape index (κ3) is 3.77. The lowest BCUT2D eigenvalue weighted by molar-refractivity contribution is -0.130. The first-order chi connectivity index (χ1) is 9.81. The summed E-state index contributed by atoms with van der Waals surface area (Å²) < 4.78 is 10.2. The summed E-state index contributed by atoms with van der Waals surface area (Å²) in [6, 6.07) is 2.42. The van der Waals surface area contributed by atoms with Gasteiger partial charge in [0, 0.05) is 20.2 Å². The Morgan fingerprint density at radius 2 is 1.86 bits per heavy atom. The van der Waals surface area contributed by atoms with Crippen LogP contribution in [0.4, 0.5) is 5.69 Å². The Bertz CT molecular complexity index is 543. The van der Waals surface area contributed by atoms with Gasteiger partial charge in [0.05, 0.1) is 25.5 Å². The van der Waals surface area contributed by atoms with Crippen LogP contribution in [0.25, 0.3) is 0 Å². The van der Waals surface area contributed by atoms with Crippen LogP contribution in [-0.4, -0.2) is 51.1 Å². The van der Waals surface area contributed by atoms with Crippen LogP contribution in [0.3, 0.4) is 0 Å². The number of benzene rings is 1. The fourth-order valence-corrected chi connectivity index (χ4v) is 1.80. The van der Waals surface area contributed by atoms with Crippen molar-refractivity contribution in [1.82, 2.24) is 10.2 Å². The summed E-state index contributed by atoms with van der Waals surface area (Å²) in [5.41, 5.74) is 6.29. The number of amides is 2. The Kier molecular flexibility index (Phi) is 5.40. The molecule has 0 aliphatic heterocycles. The first-order valence-electron chi connectivity index (χ1n) is 6.35. The van der Waals surface area contributed by atoms with E-state index in [9.17, 15) is 9.59 Å². The third-order valence-electron chi connectivity index (χ3n) is 2.97. The van der Waals surface area contributed by atoms with E-state index in [0.29, 0.717) is 11.5 Å². The average Bonchev–Trinajstić information content (AvgIpc) is 2.46. The lowest BCUT2D eigenvalue weighted by Crippen LogP contribution is -2.44. The summed E-state index contributed by atoms with van der Waals surface area (Å²) in [7, 11) is 6.16. The van der Waals surface area contributed by atoms with E-state index in [0.717, 1.165) is 0 Å². The minimum atomic E-state index is -0.663. The van der Waals surface area contributed by atoms with Crippen molar-refractivity contribution in [2.45, 2.75) is 13.0 Å². The largest absolute Gasteiger partial charge is 0.497 e. The number of hydrogen-bond acceptors (Lipinski definition) is 5. The van der Waals surface area contributed by atoms with E-state index in [1.807, 2.05) is 0 Å². The van der Waals surface area contributed by atoms with Gasteiger partial charge in [-0.15, -0.1) is 0 Å². The third-order valence-corrected chi connectivity index (χ3v) is 2.97. The topological polar surface area (TPSA) is 93.9 Å². The summed E-state index contributed by atoms with van der Waals surface area (Å²) in [4.78, 5) is 25.4. The van der Waals surface area contributed by atoms with Gasteiger partial charge in [-0.3, -0.25) is 9.59 Å². The molecule has 0 aliphatic rings. The van der Waals surface area contributed by atoms with Crippen molar-refractivity contribution in [1.29, 1.82) is 0 Å². The Morgan fingerprint density at radius 3 is 2.33 bits per heavy atom. The lowest BCUT2D eigenvalue weighted by atomic mass is 10.1. The van der Waals surface area contributed by atoms with E-state index in [1.54, 1.807) is 27.1 Å². The maximum absolute atomic E-state index is 12.3. The minimum absolute atomic E-state index is 0.195. The van der Waals surface area contributed by atoms with Crippen molar-refractivity contribution in [3.63, 3.8) is 0 Å². The Balaban J connectivity index is 3.04. The second kappa shape index (κ2) is 6.83. The van der Waals surface area contributed by atoms with Crippen molar-refractivity contribution in [3.05, 3.63) is 17.7 Å². The summed E-state index contributed by atoms with van der Waals surface area (Å²) in [5.74, 6) is 0.105. The molecule has 7 heteroatoms. The zero-order valence-corrected chi connectivity index (χ0v) is 12.9. The molecule has 0 bridgehead atoms. The molecule has 21 heavy (non-hydrogen) atoms. The second-order valence-electron chi connectivity index (χ2n) is 4.72. The van der Waals surface area contributed by atoms with Gasteiger partial charge in [0.2, 0.25) is 5.91 Å². The number of methoxy groups -OCH3 is 2. The van der Waals surface area contributed by atoms with Crippen LogP contribution in [0, 0.1) is 0 Å². The van der Waals surface area contributed by atoms with Gasteiger partial charge in [-0.1, -0.05) is 0 Å². The van der Waals surface area contributed by atoms with Crippen molar-refractivity contribution in [2.24, 2.45) is 0 Å². The molecule has 2 amide bonds. The quantitative estimate of drug-likeness (QED) is 0.771. The number of nitrogens with two attached hydrogens (primary N) is 1. The van der Waals surface area contributed by atoms with Crippen molar-refractivity contribution >= 4 is 17.5 Å². The smallest absolute Gasteiger partial charge is 0.254 e. The predicted molar refractivity (Wildman–Crippen MR) is 79.6 cm³/mol. The molecular formula is C14H21N3O4. The van der Waals surface area contributed by atoms with Gasteiger partial charge >= 0.3 is 0 Å². The van der Waals surface area contributed by atoms with E-state index in [4.69, 9.17) is 15.2 Å². The van der Waals surface area contributed by atoms with Crippen LogP contribution in [0.15, 0.2) is 12.1 Å². The number of anilines is 1. The Labute approximate surface area is 124 Å². The number of likely N-dealkylation sites (N-methyl/N-ethyl adjacent to an activating group) is 1. The summed E-state index contributed by atoms with van der Waals surface area (Å²) in [5, 5.41) is 2.60. The molecule has 7 nitrogen and oxygen atoms in total. The van der Waals surface area contributed by atoms with Crippen LogP contribution >= 0.6 is 0 Å². The SMILES string of the molecule is COc1cc(OC)c(N)c(C(=O)NC(C)C(=O)N(C)C)c1. The maximum Gasteiger partial charge on any atom is 0.254 e. The summed E-state index contributed by atoms with van der Waals surface area (Å²) in [6.45, 7) is 1.60. The second-order valence-corrected chi connectivity index (χ2v) is 4.72. The maximum atomic E-state index is 12.3. The Morgan fingerprint density at radius 1 is 1.24 bits per heavy atom. The molecule has 0 radical (unpaired) electrons. The van der Waals surface area contributed by atoms with Gasteiger partial charge in [-0.2, -0.15) is 0 Å². The van der Waals surface area contributed by atoms with Gasteiger partial charge in [-0.05, 0) is 13.0 Å². The molecule has 0 spiro atoms. The van der Waals surface area contributed by atoms with Crippen molar-refractivity contribution < 1.29 is 19.1 Å². The number of nitrogens with one attached hydrogen (secondary N) is 1. The van der Waals surface area contributed by atoms with Crippen LogP contribution in [-0.2, 0) is 4.79 Å². The van der Waals surface area contributed by atoms with Gasteiger partial charge in [0.15, 0.2) is 0 Å². The molecule has 1 rings (SSSR count). The zero-order valence-electron chi connectivity index (χ0n) is 12.9. The Hall–Kier alpha value is -2.44. The number of nitrogens with zero attached hydrogens (tertiary/aromatic N) is 1. The average molecular weight is 295 g/mol. The van der Waals surface area contributed by atoms with Gasteiger partial charge in [0.25, 0.3) is 5.91 Å². The van der Waals surface area contributed by atoms with Crippen molar-refractivity contribution in [2.75, 3.05) is 34.0 Å². The van der Waals surface area contributed by atoms with E-state index in [2.05, 4.69) is 5.32 Å². The highest BCUT2D eigenvalue weighted by Gasteiger charge is 2.21. The lowest BCUT2D eigenvalue weighted by Gasteiger charge is -2.19. The molecule has 3 N–H and O–H groups in total. The number of rotatable bonds is 5. The summed E-state index contributed by atoms with van der Waals surface area (Å²) in [6.07, 6.45) is 0. The number of hydrogen-bond donors (Lipinski definition) is 2. The van der Waals surface area contributed by atoms with Gasteiger partial charge in [0.1, 0.15) is 17.5 Å². The number of ether oxygens (including phenoxy) is 2. The molecule has 1 aromatic rings. The van der Waals surface area contributed by atoms with E-state index >= 15 is 0 Å². The molecule has 1 atom stereocenters.